The number of halogens is 10. The molecule has 2 heterocycles. The van der Waals surface area contributed by atoms with Crippen molar-refractivity contribution in [2.24, 2.45) is 0 Å². The van der Waals surface area contributed by atoms with Crippen molar-refractivity contribution in [3.8, 4) is 16.8 Å². The fourth-order valence-corrected chi connectivity index (χ4v) is 6.91. The van der Waals surface area contributed by atoms with Gasteiger partial charge in [-0.3, -0.25) is 0 Å². The van der Waals surface area contributed by atoms with Crippen molar-refractivity contribution in [3.63, 3.8) is 0 Å². The number of nitrogens with zero attached hydrogens (tertiary/aromatic N) is 2. The number of benzene rings is 4. The second-order valence-electron chi connectivity index (χ2n) is 11.6. The quantitative estimate of drug-likeness (QED) is 0.101. The lowest BCUT2D eigenvalue weighted by Crippen LogP contribution is -2.28. The third kappa shape index (κ3) is 4.01. The molecule has 2 nitrogen and oxygen atoms in total. The summed E-state index contributed by atoms with van der Waals surface area (Å²) in [5.74, 6) is -18.5. The summed E-state index contributed by atoms with van der Waals surface area (Å²) in [4.78, 5) is 0. The molecule has 242 valence electrons. The summed E-state index contributed by atoms with van der Waals surface area (Å²) in [5, 5.41) is 1.35. The molecule has 2 aliphatic carbocycles. The third-order valence-electron chi connectivity index (χ3n) is 9.07. The molecule has 6 aromatic rings. The Balaban J connectivity index is 1.33. The molecule has 0 fully saturated rings. The van der Waals surface area contributed by atoms with Crippen LogP contribution in [0.25, 0.3) is 55.6 Å². The zero-order valence-electron chi connectivity index (χ0n) is 24.2. The van der Waals surface area contributed by atoms with Crippen LogP contribution in [0.3, 0.4) is 0 Å². The van der Waals surface area contributed by atoms with Gasteiger partial charge in [0, 0.05) is 32.9 Å². The zero-order valence-corrected chi connectivity index (χ0v) is 24.2. The van der Waals surface area contributed by atoms with Gasteiger partial charge in [-0.05, 0) is 54.3 Å². The Morgan fingerprint density at radius 3 is 1.88 bits per heavy atom. The summed E-state index contributed by atoms with van der Waals surface area (Å²) < 4.78 is 147. The molecule has 0 amide bonds. The molecule has 0 aliphatic heterocycles. The van der Waals surface area contributed by atoms with Crippen LogP contribution >= 0.6 is 0 Å². The maximum atomic E-state index is 15.2. The monoisotopic (exact) mass is 668 g/mol. The van der Waals surface area contributed by atoms with Gasteiger partial charge in [0.2, 0.25) is 5.82 Å². The van der Waals surface area contributed by atoms with E-state index in [1.165, 1.54) is 18.2 Å². The van der Waals surface area contributed by atoms with E-state index in [0.717, 1.165) is 9.13 Å². The first-order valence-corrected chi connectivity index (χ1v) is 14.6. The molecule has 2 unspecified atom stereocenters. The standard InChI is InChI=1S/C36H18F10N2/c37-25-27(39)31(43)35(32(44)28(25)40)47-21-7-3-1-5-17(21)19-13-15(9-11-23(19)47)16-10-12-24-20(14-16)18-6-2-4-8-22(18)48(24)36-33(45)29(41)26(38)30(42)34(36)46/h1-3,5-7,9-14,33,36H,4,8H2. The third-order valence-corrected chi connectivity index (χ3v) is 9.07. The van der Waals surface area contributed by atoms with Gasteiger partial charge in [-0.1, -0.05) is 42.5 Å². The molecule has 0 N–H and O–H groups in total. The lowest BCUT2D eigenvalue weighted by atomic mass is 9.98. The fourth-order valence-electron chi connectivity index (χ4n) is 6.91. The van der Waals surface area contributed by atoms with Gasteiger partial charge < -0.3 is 9.13 Å². The lowest BCUT2D eigenvalue weighted by molar-refractivity contribution is 0.208. The summed E-state index contributed by atoms with van der Waals surface area (Å²) in [6.45, 7) is 0. The van der Waals surface area contributed by atoms with Crippen molar-refractivity contribution in [1.29, 1.82) is 0 Å². The summed E-state index contributed by atoms with van der Waals surface area (Å²) in [6, 6.07) is 13.7. The van der Waals surface area contributed by atoms with Crippen LogP contribution in [-0.4, -0.2) is 15.3 Å². The molecule has 0 saturated carbocycles. The average Bonchev–Trinajstić information content (AvgIpc) is 3.60. The van der Waals surface area contributed by atoms with Crippen LogP contribution in [0.4, 0.5) is 43.9 Å². The van der Waals surface area contributed by atoms with Crippen molar-refractivity contribution >= 4 is 38.8 Å². The van der Waals surface area contributed by atoms with E-state index in [1.807, 2.05) is 6.08 Å². The first-order chi connectivity index (χ1) is 23.0. The Hall–Kier alpha value is -5.26. The maximum absolute atomic E-state index is 15.2. The van der Waals surface area contributed by atoms with Crippen LogP contribution in [0, 0.1) is 29.1 Å². The molecule has 0 bridgehead atoms. The van der Waals surface area contributed by atoms with Crippen molar-refractivity contribution in [2.45, 2.75) is 25.1 Å². The highest BCUT2D eigenvalue weighted by Gasteiger charge is 2.43. The second kappa shape index (κ2) is 10.6. The molecule has 2 atom stereocenters. The SMILES string of the molecule is FC1=C(F)C(F)C(n2c3c(c4cc(-c5ccc6c(c5)c5ccccc5n6-c5c(F)c(F)c(F)c(F)c5F)ccc42)C=CCC3)C(F)=C1F. The minimum Gasteiger partial charge on any atom is -0.331 e. The summed E-state index contributed by atoms with van der Waals surface area (Å²) in [6.07, 6.45) is 1.50. The second-order valence-corrected chi connectivity index (χ2v) is 11.6. The molecule has 0 radical (unpaired) electrons. The Labute approximate surface area is 264 Å². The van der Waals surface area contributed by atoms with Gasteiger partial charge in [0.25, 0.3) is 0 Å². The van der Waals surface area contributed by atoms with Crippen LogP contribution in [0.5, 0.6) is 0 Å². The van der Waals surface area contributed by atoms with Crippen LogP contribution in [0.2, 0.25) is 0 Å². The number of hydrogen-bond donors (Lipinski definition) is 0. The van der Waals surface area contributed by atoms with Crippen LogP contribution < -0.4 is 0 Å². The minimum atomic E-state index is -2.81. The normalized spacial score (nSPS) is 18.2. The van der Waals surface area contributed by atoms with E-state index in [1.54, 1.807) is 48.5 Å². The molecule has 4 aromatic carbocycles. The number of hydrogen-bond acceptors (Lipinski definition) is 0. The van der Waals surface area contributed by atoms with E-state index in [-0.39, 0.29) is 23.0 Å². The smallest absolute Gasteiger partial charge is 0.200 e. The van der Waals surface area contributed by atoms with Gasteiger partial charge in [-0.2, -0.15) is 0 Å². The zero-order chi connectivity index (χ0) is 33.8. The molecular formula is C36H18F10N2. The summed E-state index contributed by atoms with van der Waals surface area (Å²) in [7, 11) is 0. The maximum Gasteiger partial charge on any atom is 0.200 e. The van der Waals surface area contributed by atoms with E-state index in [4.69, 9.17) is 0 Å². The van der Waals surface area contributed by atoms with Crippen molar-refractivity contribution < 1.29 is 43.9 Å². The van der Waals surface area contributed by atoms with Gasteiger partial charge in [-0.15, -0.1) is 0 Å². The highest BCUT2D eigenvalue weighted by molar-refractivity contribution is 6.10. The van der Waals surface area contributed by atoms with Crippen LogP contribution in [0.15, 0.2) is 90.0 Å². The first kappa shape index (κ1) is 30.1. The van der Waals surface area contributed by atoms with E-state index in [2.05, 4.69) is 0 Å². The van der Waals surface area contributed by atoms with Gasteiger partial charge in [0.1, 0.15) is 11.7 Å². The molecule has 8 rings (SSSR count). The molecule has 0 saturated heterocycles. The van der Waals surface area contributed by atoms with Gasteiger partial charge in [0.15, 0.2) is 52.7 Å². The predicted molar refractivity (Wildman–Crippen MR) is 161 cm³/mol. The highest BCUT2D eigenvalue weighted by atomic mass is 19.2. The topological polar surface area (TPSA) is 9.86 Å². The van der Waals surface area contributed by atoms with E-state index in [0.29, 0.717) is 45.0 Å². The Morgan fingerprint density at radius 1 is 0.583 bits per heavy atom. The molecule has 48 heavy (non-hydrogen) atoms. The first-order valence-electron chi connectivity index (χ1n) is 14.6. The van der Waals surface area contributed by atoms with Crippen molar-refractivity contribution in [2.75, 3.05) is 0 Å². The largest absolute Gasteiger partial charge is 0.331 e. The molecular weight excluding hydrogens is 650 g/mol. The molecule has 0 spiro atoms. The Kier molecular flexibility index (Phi) is 6.66. The number of aromatic nitrogens is 2. The molecule has 2 aliphatic rings. The average molecular weight is 669 g/mol. The van der Waals surface area contributed by atoms with Crippen molar-refractivity contribution in [1.82, 2.24) is 9.13 Å². The van der Waals surface area contributed by atoms with Gasteiger partial charge in [-0.25, -0.2) is 43.9 Å². The predicted octanol–water partition coefficient (Wildman–Crippen LogP) is 11.3. The Bertz CT molecular complexity index is 2450. The highest BCUT2D eigenvalue weighted by Crippen LogP contribution is 2.47. The number of para-hydroxylation sites is 1. The number of allylic oxidation sites excluding steroid dienone is 5. The van der Waals surface area contributed by atoms with E-state index < -0.39 is 70.3 Å². The van der Waals surface area contributed by atoms with Crippen LogP contribution in [-0.2, 0) is 6.42 Å². The summed E-state index contributed by atoms with van der Waals surface area (Å²) >= 11 is 0. The summed E-state index contributed by atoms with van der Waals surface area (Å²) in [5.41, 5.74) is 1.50. The molecule has 12 heteroatoms. The number of fused-ring (bicyclic) bond motifs is 6. The molecule has 2 aromatic heterocycles. The minimum absolute atomic E-state index is 0.147. The van der Waals surface area contributed by atoms with Gasteiger partial charge >= 0.3 is 0 Å². The number of rotatable bonds is 3. The van der Waals surface area contributed by atoms with Crippen molar-refractivity contribution in [3.05, 3.63) is 130 Å². The van der Waals surface area contributed by atoms with Gasteiger partial charge in [0.05, 0.1) is 11.0 Å². The number of alkyl halides is 1. The van der Waals surface area contributed by atoms with E-state index >= 15 is 17.6 Å². The van der Waals surface area contributed by atoms with Crippen LogP contribution in [0.1, 0.15) is 23.7 Å². The Morgan fingerprint density at radius 2 is 1.17 bits per heavy atom. The lowest BCUT2D eigenvalue weighted by Gasteiger charge is -2.27. The fraction of sp³-hybridized carbons (Fsp3) is 0.111. The van der Waals surface area contributed by atoms with E-state index in [9.17, 15) is 26.3 Å².